The molecular formula is C21H22ClF3N2O5S. The Bertz CT molecular complexity index is 1130. The third-order valence-corrected chi connectivity index (χ3v) is 7.55. The summed E-state index contributed by atoms with van der Waals surface area (Å²) in [6, 6.07) is 9.32. The van der Waals surface area contributed by atoms with Crippen molar-refractivity contribution in [1.29, 1.82) is 0 Å². The van der Waals surface area contributed by atoms with E-state index in [4.69, 9.17) is 11.6 Å². The summed E-state index contributed by atoms with van der Waals surface area (Å²) >= 11 is 6.00. The number of piperidine rings is 1. The number of alkyl halides is 3. The zero-order chi connectivity index (χ0) is 24.6. The molecule has 1 aliphatic rings. The molecule has 1 fully saturated rings. The van der Waals surface area contributed by atoms with Crippen molar-refractivity contribution in [2.45, 2.75) is 47.4 Å². The van der Waals surface area contributed by atoms with Crippen molar-refractivity contribution >= 4 is 38.7 Å². The molecule has 0 aliphatic carbocycles. The zero-order valence-electron chi connectivity index (χ0n) is 17.4. The molecule has 180 valence electrons. The number of nitrogens with zero attached hydrogens (tertiary/aromatic N) is 1. The van der Waals surface area contributed by atoms with Crippen LogP contribution in [0.25, 0.3) is 0 Å². The topological polar surface area (TPSA) is 107 Å². The molecule has 0 spiro atoms. The van der Waals surface area contributed by atoms with E-state index in [-0.39, 0.29) is 26.6 Å². The van der Waals surface area contributed by atoms with E-state index in [1.54, 1.807) is 12.1 Å². The Balaban J connectivity index is 1.79. The lowest BCUT2D eigenvalue weighted by atomic mass is 10.1. The fourth-order valence-corrected chi connectivity index (χ4v) is 4.81. The van der Waals surface area contributed by atoms with Crippen molar-refractivity contribution in [2.24, 2.45) is 0 Å². The van der Waals surface area contributed by atoms with Gasteiger partial charge in [0.15, 0.2) is 0 Å². The maximum Gasteiger partial charge on any atom is 0.426 e. The Hall–Kier alpha value is -2.34. The highest BCUT2D eigenvalue weighted by Crippen LogP contribution is 2.34. The van der Waals surface area contributed by atoms with Gasteiger partial charge in [-0.2, -0.15) is 13.2 Å². The van der Waals surface area contributed by atoms with Crippen molar-refractivity contribution in [3.63, 3.8) is 0 Å². The molecule has 3 rings (SSSR count). The number of sulfone groups is 1. The normalized spacial score (nSPS) is 17.5. The first kappa shape index (κ1) is 25.3. The van der Waals surface area contributed by atoms with E-state index in [2.05, 4.69) is 0 Å². The Morgan fingerprint density at radius 3 is 2.15 bits per heavy atom. The van der Waals surface area contributed by atoms with Gasteiger partial charge in [0.25, 0.3) is 5.91 Å². The number of amides is 1. The van der Waals surface area contributed by atoms with E-state index in [0.29, 0.717) is 32.9 Å². The first-order valence-corrected chi connectivity index (χ1v) is 11.8. The number of rotatable bonds is 5. The Morgan fingerprint density at radius 2 is 1.64 bits per heavy atom. The second kappa shape index (κ2) is 9.13. The van der Waals surface area contributed by atoms with Gasteiger partial charge in [0.2, 0.25) is 15.4 Å². The summed E-state index contributed by atoms with van der Waals surface area (Å²) in [5.74, 6) is -1.76. The molecule has 2 aromatic rings. The van der Waals surface area contributed by atoms with Crippen LogP contribution in [0.4, 0.5) is 24.5 Å². The molecule has 3 N–H and O–H groups in total. The lowest BCUT2D eigenvalue weighted by Crippen LogP contribution is -2.52. The fourth-order valence-electron chi connectivity index (χ4n) is 3.23. The first-order valence-electron chi connectivity index (χ1n) is 9.92. The van der Waals surface area contributed by atoms with Crippen LogP contribution in [0.2, 0.25) is 5.02 Å². The maximum atomic E-state index is 13.0. The van der Waals surface area contributed by atoms with Gasteiger partial charge in [0.05, 0.1) is 26.6 Å². The van der Waals surface area contributed by atoms with Gasteiger partial charge in [-0.15, -0.1) is 0 Å². The highest BCUT2D eigenvalue weighted by molar-refractivity contribution is 7.91. The molecule has 1 saturated heterocycles. The van der Waals surface area contributed by atoms with Gasteiger partial charge in [0, 0.05) is 18.8 Å². The molecule has 12 heteroatoms. The van der Waals surface area contributed by atoms with Gasteiger partial charge in [-0.05, 0) is 62.2 Å². The molecule has 0 bridgehead atoms. The van der Waals surface area contributed by atoms with Crippen molar-refractivity contribution in [3.8, 4) is 0 Å². The summed E-state index contributed by atoms with van der Waals surface area (Å²) in [6.07, 6.45) is -4.30. The van der Waals surface area contributed by atoms with Crippen LogP contribution in [0.1, 0.15) is 19.8 Å². The van der Waals surface area contributed by atoms with E-state index >= 15 is 0 Å². The van der Waals surface area contributed by atoms with Gasteiger partial charge in [-0.25, -0.2) is 8.42 Å². The van der Waals surface area contributed by atoms with Crippen LogP contribution >= 0.6 is 11.6 Å². The minimum Gasteiger partial charge on any atom is -0.393 e. The summed E-state index contributed by atoms with van der Waals surface area (Å²) in [5.41, 5.74) is -3.13. The number of hydrogen-bond acceptors (Lipinski definition) is 6. The van der Waals surface area contributed by atoms with E-state index < -0.39 is 27.5 Å². The van der Waals surface area contributed by atoms with E-state index in [0.717, 1.165) is 23.9 Å². The molecule has 1 unspecified atom stereocenters. The SMILES string of the molecule is CC(O)(C(=O)Nc1ccc(S(=O)(=O)c2ccc(N3CCC(O)CC3)cc2)cc1Cl)C(F)(F)F. The van der Waals surface area contributed by atoms with Gasteiger partial charge >= 0.3 is 6.18 Å². The third-order valence-electron chi connectivity index (χ3n) is 5.47. The lowest BCUT2D eigenvalue weighted by Gasteiger charge is -2.31. The number of carbonyl (C=O) groups is 1. The quantitative estimate of drug-likeness (QED) is 0.574. The second-order valence-electron chi connectivity index (χ2n) is 7.88. The van der Waals surface area contributed by atoms with Crippen LogP contribution in [0.15, 0.2) is 52.3 Å². The highest BCUT2D eigenvalue weighted by atomic mass is 35.5. The van der Waals surface area contributed by atoms with Crippen LogP contribution < -0.4 is 10.2 Å². The van der Waals surface area contributed by atoms with Crippen molar-refractivity contribution in [1.82, 2.24) is 0 Å². The molecule has 33 heavy (non-hydrogen) atoms. The van der Waals surface area contributed by atoms with Gasteiger partial charge in [-0.3, -0.25) is 4.79 Å². The number of hydrogen-bond donors (Lipinski definition) is 3. The van der Waals surface area contributed by atoms with E-state index in [1.165, 1.54) is 12.1 Å². The van der Waals surface area contributed by atoms with E-state index in [9.17, 15) is 36.6 Å². The second-order valence-corrected chi connectivity index (χ2v) is 10.2. The molecule has 1 heterocycles. The van der Waals surface area contributed by atoms with Crippen LogP contribution in [-0.4, -0.2) is 55.5 Å². The largest absolute Gasteiger partial charge is 0.426 e. The van der Waals surface area contributed by atoms with Crippen molar-refractivity contribution < 1.29 is 36.6 Å². The molecule has 1 atom stereocenters. The fraction of sp³-hybridized carbons (Fsp3) is 0.381. The minimum absolute atomic E-state index is 0.0175. The number of halogens is 4. The van der Waals surface area contributed by atoms with Crippen LogP contribution in [0.3, 0.4) is 0 Å². The average Bonchev–Trinajstić information content (AvgIpc) is 2.74. The number of anilines is 2. The summed E-state index contributed by atoms with van der Waals surface area (Å²) in [5, 5.41) is 20.6. The molecule has 0 aromatic heterocycles. The zero-order valence-corrected chi connectivity index (χ0v) is 19.0. The van der Waals surface area contributed by atoms with E-state index in [1.807, 2.05) is 10.2 Å². The summed E-state index contributed by atoms with van der Waals surface area (Å²) in [7, 11) is -4.00. The average molecular weight is 507 g/mol. The molecule has 1 aliphatic heterocycles. The Labute approximate surface area is 193 Å². The number of aliphatic hydroxyl groups is 2. The summed E-state index contributed by atoms with van der Waals surface area (Å²) in [4.78, 5) is 13.6. The molecule has 7 nitrogen and oxygen atoms in total. The van der Waals surface area contributed by atoms with Crippen molar-refractivity contribution in [3.05, 3.63) is 47.5 Å². The van der Waals surface area contributed by atoms with Crippen LogP contribution in [-0.2, 0) is 14.6 Å². The Kier molecular flexibility index (Phi) is 6.99. The third kappa shape index (κ3) is 5.26. The predicted octanol–water partition coefficient (Wildman–Crippen LogP) is 3.39. The summed E-state index contributed by atoms with van der Waals surface area (Å²) < 4.78 is 64.4. The molecule has 0 saturated carbocycles. The number of benzene rings is 2. The predicted molar refractivity (Wildman–Crippen MR) is 116 cm³/mol. The van der Waals surface area contributed by atoms with Crippen LogP contribution in [0, 0.1) is 0 Å². The molecular weight excluding hydrogens is 485 g/mol. The molecule has 1 amide bonds. The molecule has 0 radical (unpaired) electrons. The molecule has 2 aromatic carbocycles. The standard InChI is InChI=1S/C21H22ClF3N2O5S/c1-20(30,21(23,24)25)19(29)26-18-7-6-16(12-17(18)22)33(31,32)15-4-2-13(3-5-15)27-10-8-14(28)9-11-27/h2-7,12,14,28,30H,8-11H2,1H3,(H,26,29). The number of aliphatic hydroxyl groups excluding tert-OH is 1. The lowest BCUT2D eigenvalue weighted by molar-refractivity contribution is -0.242. The minimum atomic E-state index is -5.22. The summed E-state index contributed by atoms with van der Waals surface area (Å²) in [6.45, 7) is 1.60. The number of carbonyl (C=O) groups excluding carboxylic acids is 1. The smallest absolute Gasteiger partial charge is 0.393 e. The monoisotopic (exact) mass is 506 g/mol. The van der Waals surface area contributed by atoms with Gasteiger partial charge in [-0.1, -0.05) is 11.6 Å². The first-order chi connectivity index (χ1) is 15.2. The van der Waals surface area contributed by atoms with Gasteiger partial charge in [0.1, 0.15) is 0 Å². The van der Waals surface area contributed by atoms with Crippen molar-refractivity contribution in [2.75, 3.05) is 23.3 Å². The highest BCUT2D eigenvalue weighted by Gasteiger charge is 2.55. The Morgan fingerprint density at radius 1 is 1.09 bits per heavy atom. The van der Waals surface area contributed by atoms with Gasteiger partial charge < -0.3 is 20.4 Å². The van der Waals surface area contributed by atoms with Crippen LogP contribution in [0.5, 0.6) is 0 Å². The number of nitrogens with one attached hydrogen (secondary N) is 1. The maximum absolute atomic E-state index is 13.0.